The van der Waals surface area contributed by atoms with Crippen molar-refractivity contribution >= 4 is 22.0 Å². The highest BCUT2D eigenvalue weighted by Crippen LogP contribution is 2.36. The van der Waals surface area contributed by atoms with Crippen LogP contribution in [0.15, 0.2) is 0 Å². The first kappa shape index (κ1) is 27.9. The smallest absolute Gasteiger partial charge is 0.181 e. The first-order chi connectivity index (χ1) is 15.8. The van der Waals surface area contributed by atoms with Crippen LogP contribution in [0.5, 0.6) is 0 Å². The predicted octanol–water partition coefficient (Wildman–Crippen LogP) is 8.30. The summed E-state index contributed by atoms with van der Waals surface area (Å²) in [5.74, 6) is 1.62. The molecule has 2 heterocycles. The highest BCUT2D eigenvalue weighted by Gasteiger charge is 2.21. The fourth-order valence-corrected chi connectivity index (χ4v) is 7.83. The third-order valence-electron chi connectivity index (χ3n) is 7.38. The Morgan fingerprint density at radius 3 is 1.31 bits per heavy atom. The van der Waals surface area contributed by atoms with E-state index in [1.165, 1.54) is 109 Å². The van der Waals surface area contributed by atoms with E-state index < -0.39 is 11.1 Å². The summed E-state index contributed by atoms with van der Waals surface area (Å²) in [7, 11) is 0. The molecule has 0 spiro atoms. The molecular formula is C28H53NO2S. The molecule has 0 aromatic carbocycles. The minimum absolute atomic E-state index is 0.478. The Morgan fingerprint density at radius 2 is 0.812 bits per heavy atom. The first-order valence-electron chi connectivity index (χ1n) is 14.3. The van der Waals surface area contributed by atoms with Gasteiger partial charge in [-0.2, -0.15) is 0 Å². The van der Waals surface area contributed by atoms with E-state index in [9.17, 15) is 9.59 Å². The number of hydrogen-bond donors (Lipinski definition) is 1. The van der Waals surface area contributed by atoms with Gasteiger partial charge < -0.3 is 0 Å². The monoisotopic (exact) mass is 467 g/mol. The summed E-state index contributed by atoms with van der Waals surface area (Å²) in [5.41, 5.74) is 0. The van der Waals surface area contributed by atoms with Gasteiger partial charge >= 0.3 is 0 Å². The first-order valence-corrected chi connectivity index (χ1v) is 15.8. The zero-order chi connectivity index (χ0) is 22.7. The van der Waals surface area contributed by atoms with E-state index in [4.69, 9.17) is 0 Å². The Hall–Kier alpha value is -0.350. The number of rotatable bonds is 1. The number of nitrogens with zero attached hydrogens (tertiary/aromatic N) is 1. The molecule has 0 amide bonds. The molecule has 188 valence electrons. The highest BCUT2D eigenvalue weighted by atomic mass is 32.2. The number of hydrogen-bond acceptors (Lipinski definition) is 3. The minimum atomic E-state index is -0.615. The van der Waals surface area contributed by atoms with Crippen molar-refractivity contribution in [3.8, 4) is 0 Å². The average molecular weight is 468 g/mol. The molecule has 2 saturated heterocycles. The lowest BCUT2D eigenvalue weighted by Crippen LogP contribution is -2.28. The van der Waals surface area contributed by atoms with Crippen LogP contribution in [0, 0.1) is 0 Å². The van der Waals surface area contributed by atoms with Gasteiger partial charge in [0.2, 0.25) is 0 Å². The minimum Gasteiger partial charge on any atom is -0.300 e. The summed E-state index contributed by atoms with van der Waals surface area (Å²) in [6.45, 7) is 2.22. The largest absolute Gasteiger partial charge is 0.300 e. The Balaban J connectivity index is 1.93. The zero-order valence-corrected chi connectivity index (χ0v) is 22.0. The topological polar surface area (TPSA) is 37.4 Å². The van der Waals surface area contributed by atoms with Crippen molar-refractivity contribution in [3.63, 3.8) is 0 Å². The third kappa shape index (κ3) is 13.4. The van der Waals surface area contributed by atoms with Crippen molar-refractivity contribution in [2.75, 3.05) is 18.8 Å². The van der Waals surface area contributed by atoms with Gasteiger partial charge in [0.25, 0.3) is 0 Å². The standard InChI is InChI=1S/C28H53NO2S/c30-27-21-15-9-8-12-18-24-29(25-19-13-11-16-22-27)32-26-20-14-7-5-3-1-2-4-6-10-17-23-28(32)31/h32H,1-26H2. The van der Waals surface area contributed by atoms with E-state index in [1.807, 2.05) is 0 Å². The molecule has 0 aliphatic carbocycles. The molecule has 4 heteroatoms. The summed E-state index contributed by atoms with van der Waals surface area (Å²) in [5, 5.41) is 0.596. The van der Waals surface area contributed by atoms with Crippen LogP contribution in [-0.4, -0.2) is 34.0 Å². The van der Waals surface area contributed by atoms with Crippen LogP contribution in [0.2, 0.25) is 0 Å². The molecule has 0 saturated carbocycles. The van der Waals surface area contributed by atoms with Crippen molar-refractivity contribution in [3.05, 3.63) is 0 Å². The fourth-order valence-electron chi connectivity index (χ4n) is 5.28. The maximum Gasteiger partial charge on any atom is 0.181 e. The summed E-state index contributed by atoms with van der Waals surface area (Å²) in [6, 6.07) is 0. The van der Waals surface area contributed by atoms with E-state index in [2.05, 4.69) is 4.31 Å². The lowest BCUT2D eigenvalue weighted by Gasteiger charge is -2.34. The van der Waals surface area contributed by atoms with Gasteiger partial charge in [0, 0.05) is 32.4 Å². The van der Waals surface area contributed by atoms with Crippen LogP contribution < -0.4 is 0 Å². The molecular weight excluding hydrogens is 414 g/mol. The van der Waals surface area contributed by atoms with Crippen molar-refractivity contribution in [2.45, 2.75) is 148 Å². The second-order valence-corrected chi connectivity index (χ2v) is 12.6. The lowest BCUT2D eigenvalue weighted by molar-refractivity contribution is -0.119. The van der Waals surface area contributed by atoms with Crippen LogP contribution in [0.25, 0.3) is 0 Å². The van der Waals surface area contributed by atoms with Gasteiger partial charge in [-0.05, 0) is 44.3 Å². The van der Waals surface area contributed by atoms with Crippen LogP contribution in [0.1, 0.15) is 148 Å². The molecule has 0 bridgehead atoms. The number of ketones is 1. The fraction of sp³-hybridized carbons (Fsp3) is 0.929. The van der Waals surface area contributed by atoms with Crippen molar-refractivity contribution < 1.29 is 9.59 Å². The van der Waals surface area contributed by atoms with Crippen LogP contribution >= 0.6 is 11.1 Å². The Morgan fingerprint density at radius 1 is 0.438 bits per heavy atom. The number of Topliss-reactive ketones (excluding diaryl/α,β-unsaturated/α-hetero) is 1. The molecule has 2 rings (SSSR count). The molecule has 1 atom stereocenters. The van der Waals surface area contributed by atoms with E-state index >= 15 is 0 Å². The van der Waals surface area contributed by atoms with Gasteiger partial charge in [-0.3, -0.25) is 13.9 Å². The Kier molecular flexibility index (Phi) is 16.6. The molecule has 0 aromatic rings. The molecule has 32 heavy (non-hydrogen) atoms. The van der Waals surface area contributed by atoms with Crippen molar-refractivity contribution in [1.29, 1.82) is 0 Å². The number of carbonyl (C=O) groups excluding carboxylic acids is 2. The Labute approximate surface area is 202 Å². The summed E-state index contributed by atoms with van der Waals surface area (Å²) < 4.78 is 2.65. The molecule has 0 aromatic heterocycles. The maximum atomic E-state index is 13.4. The normalized spacial score (nSPS) is 28.1. The molecule has 2 fully saturated rings. The van der Waals surface area contributed by atoms with Gasteiger partial charge in [0.15, 0.2) is 5.12 Å². The molecule has 3 nitrogen and oxygen atoms in total. The summed E-state index contributed by atoms with van der Waals surface area (Å²) in [6.07, 6.45) is 27.6. The quantitative estimate of drug-likeness (QED) is 0.394. The summed E-state index contributed by atoms with van der Waals surface area (Å²) >= 11 is -0.615. The zero-order valence-electron chi connectivity index (χ0n) is 21.1. The van der Waals surface area contributed by atoms with Crippen molar-refractivity contribution in [2.24, 2.45) is 0 Å². The molecule has 2 aliphatic heterocycles. The van der Waals surface area contributed by atoms with Gasteiger partial charge in [0.1, 0.15) is 5.78 Å². The van der Waals surface area contributed by atoms with E-state index in [0.717, 1.165) is 57.4 Å². The number of carbonyl (C=O) groups is 2. The second kappa shape index (κ2) is 19.0. The van der Waals surface area contributed by atoms with Gasteiger partial charge in [-0.1, -0.05) is 89.9 Å². The van der Waals surface area contributed by atoms with Crippen LogP contribution in [-0.2, 0) is 9.59 Å². The number of thiol groups is 1. The predicted molar refractivity (Wildman–Crippen MR) is 142 cm³/mol. The van der Waals surface area contributed by atoms with E-state index in [1.54, 1.807) is 0 Å². The second-order valence-electron chi connectivity index (χ2n) is 10.3. The average Bonchev–Trinajstić information content (AvgIpc) is 2.80. The van der Waals surface area contributed by atoms with E-state index in [-0.39, 0.29) is 0 Å². The van der Waals surface area contributed by atoms with Gasteiger partial charge in [0.05, 0.1) is 0 Å². The highest BCUT2D eigenvalue weighted by molar-refractivity contribution is 8.27. The molecule has 1 unspecified atom stereocenters. The van der Waals surface area contributed by atoms with Crippen LogP contribution in [0.4, 0.5) is 0 Å². The molecule has 2 aliphatic rings. The summed E-state index contributed by atoms with van der Waals surface area (Å²) in [4.78, 5) is 25.3. The molecule has 0 radical (unpaired) electrons. The van der Waals surface area contributed by atoms with Crippen molar-refractivity contribution in [1.82, 2.24) is 4.31 Å². The van der Waals surface area contributed by atoms with Gasteiger partial charge in [-0.15, -0.1) is 11.1 Å². The van der Waals surface area contributed by atoms with Crippen LogP contribution in [0.3, 0.4) is 0 Å². The SMILES string of the molecule is O=C1CCCCCCCN([SH]2CCCCCCCCCCCCCC2=O)CCCCCC1. The third-order valence-corrected chi connectivity index (χ3v) is 10.0. The van der Waals surface area contributed by atoms with Gasteiger partial charge in [-0.25, -0.2) is 0 Å². The Bertz CT molecular complexity index is 496. The lowest BCUT2D eigenvalue weighted by atomic mass is 10.0. The maximum absolute atomic E-state index is 13.4. The van der Waals surface area contributed by atoms with E-state index in [0.29, 0.717) is 10.9 Å². The molecule has 0 N–H and O–H groups in total.